The van der Waals surface area contributed by atoms with E-state index >= 15 is 0 Å². The molecule has 94 valence electrons. The zero-order valence-electron chi connectivity index (χ0n) is 10.8. The number of Topliss-reactive ketones (excluding diaryl/α,β-unsaturated/α-hetero) is 1. The molecule has 0 saturated heterocycles. The Morgan fingerprint density at radius 3 is 2.82 bits per heavy atom. The number of rotatable bonds is 7. The summed E-state index contributed by atoms with van der Waals surface area (Å²) in [5.41, 5.74) is 0.701. The highest BCUT2D eigenvalue weighted by Crippen LogP contribution is 2.13. The summed E-state index contributed by atoms with van der Waals surface area (Å²) < 4.78 is 5.37. The largest absolute Gasteiger partial charge is 0.494 e. The molecule has 3 heteroatoms. The molecule has 0 spiro atoms. The second kappa shape index (κ2) is 7.07. The van der Waals surface area contributed by atoms with E-state index in [1.54, 1.807) is 6.07 Å². The monoisotopic (exact) mass is 235 g/mol. The number of carbonyl (C=O) groups excluding carboxylic acids is 1. The van der Waals surface area contributed by atoms with Crippen molar-refractivity contribution in [3.63, 3.8) is 0 Å². The minimum atomic E-state index is 0.104. The van der Waals surface area contributed by atoms with Gasteiger partial charge in [0, 0.05) is 11.6 Å². The van der Waals surface area contributed by atoms with E-state index < -0.39 is 0 Å². The Morgan fingerprint density at radius 2 is 2.18 bits per heavy atom. The summed E-state index contributed by atoms with van der Waals surface area (Å²) in [5, 5.41) is 3.19. The van der Waals surface area contributed by atoms with Crippen LogP contribution in [0.15, 0.2) is 24.3 Å². The zero-order valence-corrected chi connectivity index (χ0v) is 10.8. The van der Waals surface area contributed by atoms with Crippen LogP contribution in [0.4, 0.5) is 0 Å². The van der Waals surface area contributed by atoms with E-state index in [0.29, 0.717) is 24.8 Å². The van der Waals surface area contributed by atoms with Gasteiger partial charge in [-0.1, -0.05) is 19.1 Å². The lowest BCUT2D eigenvalue weighted by Crippen LogP contribution is -2.30. The molecule has 0 aliphatic carbocycles. The summed E-state index contributed by atoms with van der Waals surface area (Å²) in [6, 6.07) is 7.70. The molecular formula is C14H21NO2. The van der Waals surface area contributed by atoms with Crippen LogP contribution in [0.25, 0.3) is 0 Å². The molecule has 0 radical (unpaired) electrons. The molecule has 17 heavy (non-hydrogen) atoms. The maximum atomic E-state index is 11.9. The van der Waals surface area contributed by atoms with Gasteiger partial charge >= 0.3 is 0 Å². The summed E-state index contributed by atoms with van der Waals surface area (Å²) >= 11 is 0. The molecule has 3 nitrogen and oxygen atoms in total. The van der Waals surface area contributed by atoms with Gasteiger partial charge in [0.25, 0.3) is 0 Å². The van der Waals surface area contributed by atoms with Crippen LogP contribution in [0.5, 0.6) is 5.75 Å². The predicted molar refractivity (Wildman–Crippen MR) is 69.7 cm³/mol. The zero-order chi connectivity index (χ0) is 12.7. The standard InChI is InChI=1S/C14H21NO2/c1-4-11(3)15-10-14(16)12-7-6-8-13(9-12)17-5-2/h6-9,11,15H,4-5,10H2,1-3H3. The molecule has 1 N–H and O–H groups in total. The Balaban J connectivity index is 2.59. The second-order valence-corrected chi connectivity index (χ2v) is 4.07. The number of benzene rings is 1. The molecule has 0 aliphatic rings. The van der Waals surface area contributed by atoms with Gasteiger partial charge in [-0.3, -0.25) is 4.79 Å². The molecule has 1 unspecified atom stereocenters. The average Bonchev–Trinajstić information content (AvgIpc) is 2.36. The molecule has 0 aromatic heterocycles. The summed E-state index contributed by atoms with van der Waals surface area (Å²) in [4.78, 5) is 11.9. The first-order chi connectivity index (χ1) is 8.17. The van der Waals surface area contributed by atoms with Gasteiger partial charge in [-0.15, -0.1) is 0 Å². The maximum Gasteiger partial charge on any atom is 0.176 e. The third-order valence-electron chi connectivity index (χ3n) is 2.69. The smallest absolute Gasteiger partial charge is 0.176 e. The highest BCUT2D eigenvalue weighted by Gasteiger charge is 2.08. The Labute approximate surface area is 103 Å². The van der Waals surface area contributed by atoms with Crippen LogP contribution < -0.4 is 10.1 Å². The van der Waals surface area contributed by atoms with E-state index in [4.69, 9.17) is 4.74 Å². The van der Waals surface area contributed by atoms with E-state index in [1.807, 2.05) is 25.1 Å². The van der Waals surface area contributed by atoms with Crippen molar-refractivity contribution in [2.45, 2.75) is 33.2 Å². The number of hydrogen-bond donors (Lipinski definition) is 1. The Kier molecular flexibility index (Phi) is 5.70. The fourth-order valence-corrected chi connectivity index (χ4v) is 1.44. The van der Waals surface area contributed by atoms with Crippen LogP contribution in [0.3, 0.4) is 0 Å². The van der Waals surface area contributed by atoms with E-state index in [1.165, 1.54) is 0 Å². The molecule has 0 amide bonds. The molecule has 0 bridgehead atoms. The fourth-order valence-electron chi connectivity index (χ4n) is 1.44. The SMILES string of the molecule is CCOc1cccc(C(=O)CNC(C)CC)c1. The minimum Gasteiger partial charge on any atom is -0.494 e. The summed E-state index contributed by atoms with van der Waals surface area (Å²) in [6.07, 6.45) is 1.02. The third-order valence-corrected chi connectivity index (χ3v) is 2.69. The number of carbonyl (C=O) groups is 1. The van der Waals surface area contributed by atoms with Crippen LogP contribution in [0.1, 0.15) is 37.6 Å². The first-order valence-electron chi connectivity index (χ1n) is 6.16. The number of ketones is 1. The van der Waals surface area contributed by atoms with Crippen molar-refractivity contribution in [1.82, 2.24) is 5.32 Å². The van der Waals surface area contributed by atoms with Crippen LogP contribution in [0, 0.1) is 0 Å². The summed E-state index contributed by atoms with van der Waals surface area (Å²) in [6.45, 7) is 7.09. The molecule has 0 saturated carbocycles. The van der Waals surface area contributed by atoms with Crippen LogP contribution in [-0.2, 0) is 0 Å². The maximum absolute atomic E-state index is 11.9. The van der Waals surface area contributed by atoms with Gasteiger partial charge in [0.05, 0.1) is 13.2 Å². The van der Waals surface area contributed by atoms with Gasteiger partial charge in [-0.25, -0.2) is 0 Å². The van der Waals surface area contributed by atoms with Crippen LogP contribution >= 0.6 is 0 Å². The Morgan fingerprint density at radius 1 is 1.41 bits per heavy atom. The first kappa shape index (κ1) is 13.7. The Bertz CT molecular complexity index is 363. The molecule has 1 atom stereocenters. The fraction of sp³-hybridized carbons (Fsp3) is 0.500. The van der Waals surface area contributed by atoms with Gasteiger partial charge in [-0.2, -0.15) is 0 Å². The van der Waals surface area contributed by atoms with Crippen molar-refractivity contribution < 1.29 is 9.53 Å². The molecule has 0 aliphatic heterocycles. The molecule has 1 rings (SSSR count). The van der Waals surface area contributed by atoms with E-state index in [2.05, 4.69) is 19.2 Å². The normalized spacial score (nSPS) is 12.2. The highest BCUT2D eigenvalue weighted by molar-refractivity contribution is 5.97. The second-order valence-electron chi connectivity index (χ2n) is 4.07. The molecule has 1 aromatic carbocycles. The van der Waals surface area contributed by atoms with Gasteiger partial charge < -0.3 is 10.1 Å². The van der Waals surface area contributed by atoms with Crippen LogP contribution in [-0.4, -0.2) is 25.0 Å². The van der Waals surface area contributed by atoms with Crippen LogP contribution in [0.2, 0.25) is 0 Å². The number of ether oxygens (including phenoxy) is 1. The molecular weight excluding hydrogens is 214 g/mol. The lowest BCUT2D eigenvalue weighted by atomic mass is 10.1. The number of hydrogen-bond acceptors (Lipinski definition) is 3. The van der Waals surface area contributed by atoms with Crippen molar-refractivity contribution in [2.24, 2.45) is 0 Å². The highest BCUT2D eigenvalue weighted by atomic mass is 16.5. The van der Waals surface area contributed by atoms with Crippen molar-refractivity contribution in [2.75, 3.05) is 13.2 Å². The van der Waals surface area contributed by atoms with Crippen molar-refractivity contribution in [1.29, 1.82) is 0 Å². The lowest BCUT2D eigenvalue weighted by molar-refractivity contribution is 0.0987. The summed E-state index contributed by atoms with van der Waals surface area (Å²) in [5.74, 6) is 0.855. The van der Waals surface area contributed by atoms with Gasteiger partial charge in [0.2, 0.25) is 0 Å². The van der Waals surface area contributed by atoms with Crippen molar-refractivity contribution >= 4 is 5.78 Å². The predicted octanol–water partition coefficient (Wildman–Crippen LogP) is 2.66. The van der Waals surface area contributed by atoms with E-state index in [-0.39, 0.29) is 5.78 Å². The Hall–Kier alpha value is -1.35. The lowest BCUT2D eigenvalue weighted by Gasteiger charge is -2.10. The van der Waals surface area contributed by atoms with Crippen molar-refractivity contribution in [3.05, 3.63) is 29.8 Å². The quantitative estimate of drug-likeness (QED) is 0.738. The topological polar surface area (TPSA) is 38.3 Å². The van der Waals surface area contributed by atoms with Gasteiger partial charge in [0.15, 0.2) is 5.78 Å². The number of nitrogens with one attached hydrogen (secondary N) is 1. The third kappa shape index (κ3) is 4.57. The average molecular weight is 235 g/mol. The molecule has 1 aromatic rings. The van der Waals surface area contributed by atoms with Gasteiger partial charge in [-0.05, 0) is 32.4 Å². The molecule has 0 fully saturated rings. The summed E-state index contributed by atoms with van der Waals surface area (Å²) in [7, 11) is 0. The van der Waals surface area contributed by atoms with Gasteiger partial charge in [0.1, 0.15) is 5.75 Å². The minimum absolute atomic E-state index is 0.104. The van der Waals surface area contributed by atoms with Crippen molar-refractivity contribution in [3.8, 4) is 5.75 Å². The first-order valence-corrected chi connectivity index (χ1v) is 6.16. The van der Waals surface area contributed by atoms with E-state index in [0.717, 1.165) is 12.2 Å². The van der Waals surface area contributed by atoms with E-state index in [9.17, 15) is 4.79 Å². The molecule has 0 heterocycles.